The zero-order chi connectivity index (χ0) is 17.1. The van der Waals surface area contributed by atoms with Gasteiger partial charge >= 0.3 is 0 Å². The lowest BCUT2D eigenvalue weighted by atomic mass is 9.79. The third-order valence-corrected chi connectivity index (χ3v) is 5.82. The zero-order valence-corrected chi connectivity index (χ0v) is 16.8. The summed E-state index contributed by atoms with van der Waals surface area (Å²) in [6.45, 7) is 12.6. The van der Waals surface area contributed by atoms with E-state index in [0.717, 1.165) is 30.3 Å². The minimum Gasteiger partial charge on any atom is -0.378 e. The van der Waals surface area contributed by atoms with Gasteiger partial charge in [-0.05, 0) is 56.3 Å². The van der Waals surface area contributed by atoms with Crippen LogP contribution in [-0.4, -0.2) is 12.7 Å². The van der Waals surface area contributed by atoms with Crippen molar-refractivity contribution < 1.29 is 4.74 Å². The molecule has 0 aromatic carbocycles. The maximum atomic E-state index is 6.11. The van der Waals surface area contributed by atoms with Gasteiger partial charge in [-0.3, -0.25) is 0 Å². The molecule has 0 aromatic rings. The van der Waals surface area contributed by atoms with Gasteiger partial charge in [0.2, 0.25) is 0 Å². The third-order valence-electron chi connectivity index (χ3n) is 5.82. The van der Waals surface area contributed by atoms with Crippen molar-refractivity contribution >= 4 is 0 Å². The van der Waals surface area contributed by atoms with Crippen molar-refractivity contribution in [2.45, 2.75) is 111 Å². The van der Waals surface area contributed by atoms with Crippen molar-refractivity contribution in [2.24, 2.45) is 23.7 Å². The summed E-state index contributed by atoms with van der Waals surface area (Å²) < 4.78 is 6.11. The van der Waals surface area contributed by atoms with Crippen molar-refractivity contribution in [2.75, 3.05) is 6.61 Å². The van der Waals surface area contributed by atoms with Crippen LogP contribution in [0.15, 0.2) is 0 Å². The molecule has 2 unspecified atom stereocenters. The quantitative estimate of drug-likeness (QED) is 0.367. The van der Waals surface area contributed by atoms with Crippen molar-refractivity contribution in [1.82, 2.24) is 0 Å². The van der Waals surface area contributed by atoms with E-state index in [-0.39, 0.29) is 0 Å². The molecular formula is C22H44O. The van der Waals surface area contributed by atoms with E-state index >= 15 is 0 Å². The van der Waals surface area contributed by atoms with E-state index in [1.54, 1.807) is 0 Å². The SMILES string of the molecule is CCCC(C)CCCC1CCC(COC(C)CCC(C)C)CC1. The van der Waals surface area contributed by atoms with Crippen LogP contribution < -0.4 is 0 Å². The van der Waals surface area contributed by atoms with Crippen LogP contribution in [-0.2, 0) is 4.74 Å². The Kier molecular flexibility index (Phi) is 11.3. The summed E-state index contributed by atoms with van der Waals surface area (Å²) in [4.78, 5) is 0. The van der Waals surface area contributed by atoms with Gasteiger partial charge in [0.25, 0.3) is 0 Å². The highest BCUT2D eigenvalue weighted by molar-refractivity contribution is 4.73. The molecule has 1 heteroatoms. The number of hydrogen-bond acceptors (Lipinski definition) is 1. The Morgan fingerprint density at radius 2 is 1.48 bits per heavy atom. The summed E-state index contributed by atoms with van der Waals surface area (Å²) >= 11 is 0. The number of ether oxygens (including phenoxy) is 1. The Balaban J connectivity index is 2.04. The van der Waals surface area contributed by atoms with E-state index in [4.69, 9.17) is 4.74 Å². The molecule has 0 N–H and O–H groups in total. The van der Waals surface area contributed by atoms with Crippen molar-refractivity contribution in [3.05, 3.63) is 0 Å². The van der Waals surface area contributed by atoms with Gasteiger partial charge in [-0.25, -0.2) is 0 Å². The van der Waals surface area contributed by atoms with Crippen molar-refractivity contribution in [1.29, 1.82) is 0 Å². The highest BCUT2D eigenvalue weighted by atomic mass is 16.5. The third kappa shape index (κ3) is 10.4. The second kappa shape index (κ2) is 12.3. The van der Waals surface area contributed by atoms with E-state index in [2.05, 4.69) is 34.6 Å². The molecule has 138 valence electrons. The van der Waals surface area contributed by atoms with E-state index in [1.165, 1.54) is 70.6 Å². The summed E-state index contributed by atoms with van der Waals surface area (Å²) in [7, 11) is 0. The first-order valence-corrected chi connectivity index (χ1v) is 10.6. The van der Waals surface area contributed by atoms with Crippen molar-refractivity contribution in [3.63, 3.8) is 0 Å². The minimum absolute atomic E-state index is 0.454. The maximum absolute atomic E-state index is 6.11. The predicted molar refractivity (Wildman–Crippen MR) is 103 cm³/mol. The molecule has 1 rings (SSSR count). The predicted octanol–water partition coefficient (Wildman–Crippen LogP) is 7.24. The molecule has 0 radical (unpaired) electrons. The standard InChI is InChI=1S/C22H44O/c1-6-8-19(4)9-7-10-21-13-15-22(16-14-21)17-23-20(5)12-11-18(2)3/h18-22H,6-17H2,1-5H3. The van der Waals surface area contributed by atoms with Gasteiger partial charge in [0, 0.05) is 6.61 Å². The Morgan fingerprint density at radius 1 is 0.826 bits per heavy atom. The molecule has 1 aliphatic carbocycles. The first-order chi connectivity index (χ1) is 11.0. The summed E-state index contributed by atoms with van der Waals surface area (Å²) in [6, 6.07) is 0. The molecule has 0 aromatic heterocycles. The second-order valence-electron chi connectivity index (χ2n) is 8.83. The van der Waals surface area contributed by atoms with Crippen LogP contribution in [0.3, 0.4) is 0 Å². The molecule has 1 nitrogen and oxygen atoms in total. The Bertz CT molecular complexity index is 265. The summed E-state index contributed by atoms with van der Waals surface area (Å²) in [5, 5.41) is 0. The van der Waals surface area contributed by atoms with Crippen LogP contribution in [0.5, 0.6) is 0 Å². The minimum atomic E-state index is 0.454. The molecular weight excluding hydrogens is 280 g/mol. The van der Waals surface area contributed by atoms with Crippen LogP contribution >= 0.6 is 0 Å². The van der Waals surface area contributed by atoms with Gasteiger partial charge in [0.15, 0.2) is 0 Å². The van der Waals surface area contributed by atoms with Gasteiger partial charge < -0.3 is 4.74 Å². The summed E-state index contributed by atoms with van der Waals surface area (Å²) in [6.07, 6.45) is 15.9. The lowest BCUT2D eigenvalue weighted by Gasteiger charge is -2.29. The smallest absolute Gasteiger partial charge is 0.0547 e. The first kappa shape index (κ1) is 21.0. The number of rotatable bonds is 12. The van der Waals surface area contributed by atoms with Crippen LogP contribution in [0.25, 0.3) is 0 Å². The molecule has 0 bridgehead atoms. The monoisotopic (exact) mass is 324 g/mol. The van der Waals surface area contributed by atoms with Gasteiger partial charge in [-0.15, -0.1) is 0 Å². The van der Waals surface area contributed by atoms with Gasteiger partial charge in [-0.1, -0.05) is 72.6 Å². The zero-order valence-electron chi connectivity index (χ0n) is 16.8. The fourth-order valence-corrected chi connectivity index (χ4v) is 4.03. The molecule has 23 heavy (non-hydrogen) atoms. The molecule has 0 spiro atoms. The van der Waals surface area contributed by atoms with E-state index in [1.807, 2.05) is 0 Å². The van der Waals surface area contributed by atoms with E-state index < -0.39 is 0 Å². The molecule has 0 saturated heterocycles. The Morgan fingerprint density at radius 3 is 2.09 bits per heavy atom. The fourth-order valence-electron chi connectivity index (χ4n) is 4.03. The molecule has 0 heterocycles. The van der Waals surface area contributed by atoms with Gasteiger partial charge in [0.1, 0.15) is 0 Å². The second-order valence-corrected chi connectivity index (χ2v) is 8.83. The molecule has 2 atom stereocenters. The Labute approximate surface area is 147 Å². The van der Waals surface area contributed by atoms with Crippen LogP contribution in [0.2, 0.25) is 0 Å². The van der Waals surface area contributed by atoms with Crippen molar-refractivity contribution in [3.8, 4) is 0 Å². The highest BCUT2D eigenvalue weighted by Crippen LogP contribution is 2.33. The lowest BCUT2D eigenvalue weighted by molar-refractivity contribution is 0.0197. The van der Waals surface area contributed by atoms with Crippen LogP contribution in [0, 0.1) is 23.7 Å². The Hall–Kier alpha value is -0.0400. The topological polar surface area (TPSA) is 9.23 Å². The summed E-state index contributed by atoms with van der Waals surface area (Å²) in [5.74, 6) is 3.60. The van der Waals surface area contributed by atoms with E-state index in [9.17, 15) is 0 Å². The van der Waals surface area contributed by atoms with Gasteiger partial charge in [-0.2, -0.15) is 0 Å². The fraction of sp³-hybridized carbons (Fsp3) is 1.00. The number of hydrogen-bond donors (Lipinski definition) is 0. The average molecular weight is 325 g/mol. The molecule has 1 saturated carbocycles. The lowest BCUT2D eigenvalue weighted by Crippen LogP contribution is -2.21. The van der Waals surface area contributed by atoms with Crippen LogP contribution in [0.1, 0.15) is 105 Å². The maximum Gasteiger partial charge on any atom is 0.0547 e. The average Bonchev–Trinajstić information content (AvgIpc) is 2.52. The van der Waals surface area contributed by atoms with E-state index in [0.29, 0.717) is 6.10 Å². The van der Waals surface area contributed by atoms with Crippen LogP contribution in [0.4, 0.5) is 0 Å². The van der Waals surface area contributed by atoms with Gasteiger partial charge in [0.05, 0.1) is 6.10 Å². The first-order valence-electron chi connectivity index (χ1n) is 10.6. The summed E-state index contributed by atoms with van der Waals surface area (Å²) in [5.41, 5.74) is 0. The molecule has 0 amide bonds. The largest absolute Gasteiger partial charge is 0.378 e. The molecule has 1 fully saturated rings. The molecule has 0 aliphatic heterocycles. The molecule has 1 aliphatic rings. The highest BCUT2D eigenvalue weighted by Gasteiger charge is 2.21. The normalized spacial score (nSPS) is 24.8.